The molecular weight excluding hydrogens is 251 g/mol. The lowest BCUT2D eigenvalue weighted by Gasteiger charge is -2.20. The second-order valence-electron chi connectivity index (χ2n) is 5.13. The van der Waals surface area contributed by atoms with E-state index in [4.69, 9.17) is 13.5 Å². The first-order valence-corrected chi connectivity index (χ1v) is 8.00. The van der Waals surface area contributed by atoms with Crippen molar-refractivity contribution in [1.29, 1.82) is 0 Å². The van der Waals surface area contributed by atoms with Crippen molar-refractivity contribution < 1.29 is 18.0 Å². The molecule has 0 aromatic carbocycles. The second kappa shape index (κ2) is 6.05. The van der Waals surface area contributed by atoms with Crippen LogP contribution in [0.1, 0.15) is 45.9 Å². The van der Waals surface area contributed by atoms with Crippen molar-refractivity contribution in [2.75, 3.05) is 13.2 Å². The molecule has 1 rings (SSSR count). The lowest BCUT2D eigenvalue weighted by atomic mass is 9.91. The van der Waals surface area contributed by atoms with Gasteiger partial charge >= 0.3 is 7.60 Å². The number of furan rings is 1. The van der Waals surface area contributed by atoms with Crippen molar-refractivity contribution in [2.24, 2.45) is 0 Å². The van der Waals surface area contributed by atoms with Crippen LogP contribution in [0.3, 0.4) is 0 Å². The molecule has 1 aromatic rings. The van der Waals surface area contributed by atoms with Gasteiger partial charge in [-0.1, -0.05) is 20.8 Å². The van der Waals surface area contributed by atoms with E-state index in [2.05, 4.69) is 20.8 Å². The van der Waals surface area contributed by atoms with Crippen LogP contribution < -0.4 is 0 Å². The lowest BCUT2D eigenvalue weighted by Crippen LogP contribution is -2.13. The Hall–Kier alpha value is -0.570. The molecule has 1 heterocycles. The van der Waals surface area contributed by atoms with Crippen molar-refractivity contribution in [2.45, 2.75) is 46.2 Å². The smallest absolute Gasteiger partial charge is 0.335 e. The topological polar surface area (TPSA) is 48.7 Å². The normalized spacial score (nSPS) is 12.9. The van der Waals surface area contributed by atoms with E-state index in [9.17, 15) is 4.57 Å². The molecule has 0 aliphatic carbocycles. The lowest BCUT2D eigenvalue weighted by molar-refractivity contribution is 0.219. The molecule has 0 atom stereocenters. The van der Waals surface area contributed by atoms with E-state index in [-0.39, 0.29) is 11.6 Å². The molecule has 0 bridgehead atoms. The van der Waals surface area contributed by atoms with Gasteiger partial charge in [0.2, 0.25) is 0 Å². The molecule has 0 aliphatic heterocycles. The van der Waals surface area contributed by atoms with E-state index in [1.54, 1.807) is 6.26 Å². The summed E-state index contributed by atoms with van der Waals surface area (Å²) in [5, 5.41) is 0. The van der Waals surface area contributed by atoms with Crippen LogP contribution in [0.15, 0.2) is 16.7 Å². The predicted octanol–water partition coefficient (Wildman–Crippen LogP) is 4.34. The number of hydrogen-bond donors (Lipinski definition) is 0. The summed E-state index contributed by atoms with van der Waals surface area (Å²) in [6.07, 6.45) is 1.88. The molecule has 4 nitrogen and oxygen atoms in total. The van der Waals surface area contributed by atoms with Gasteiger partial charge in [0.25, 0.3) is 0 Å². The zero-order valence-corrected chi connectivity index (χ0v) is 12.8. The fraction of sp³-hybridized carbons (Fsp3) is 0.692. The zero-order chi connectivity index (χ0) is 13.8. The Labute approximate surface area is 109 Å². The van der Waals surface area contributed by atoms with Gasteiger partial charge in [0.15, 0.2) is 0 Å². The van der Waals surface area contributed by atoms with Gasteiger partial charge in [-0.15, -0.1) is 0 Å². The van der Waals surface area contributed by atoms with Gasteiger partial charge in [0.1, 0.15) is 5.76 Å². The molecule has 0 aliphatic rings. The van der Waals surface area contributed by atoms with Crippen LogP contribution in [0.2, 0.25) is 0 Å². The minimum atomic E-state index is -3.06. The van der Waals surface area contributed by atoms with E-state index in [1.165, 1.54) is 0 Å². The molecule has 5 heteroatoms. The van der Waals surface area contributed by atoms with Gasteiger partial charge in [0, 0.05) is 11.0 Å². The third kappa shape index (κ3) is 3.98. The molecule has 0 fully saturated rings. The van der Waals surface area contributed by atoms with Gasteiger partial charge in [-0.25, -0.2) is 0 Å². The number of rotatable bonds is 6. The molecule has 0 radical (unpaired) electrons. The van der Waals surface area contributed by atoms with E-state index in [0.717, 1.165) is 11.3 Å². The van der Waals surface area contributed by atoms with Crippen molar-refractivity contribution in [3.05, 3.63) is 23.7 Å². The monoisotopic (exact) mass is 274 g/mol. The SMILES string of the molecule is CCOP(=O)(Cc1ccoc1C(C)(C)C)OCC. The first-order chi connectivity index (χ1) is 8.32. The summed E-state index contributed by atoms with van der Waals surface area (Å²) in [4.78, 5) is 0. The summed E-state index contributed by atoms with van der Waals surface area (Å²) in [5.74, 6) is 0.835. The van der Waals surface area contributed by atoms with E-state index < -0.39 is 7.60 Å². The second-order valence-corrected chi connectivity index (χ2v) is 7.18. The first-order valence-electron chi connectivity index (χ1n) is 6.27. The molecule has 0 spiro atoms. The number of hydrogen-bond acceptors (Lipinski definition) is 4. The Morgan fingerprint density at radius 1 is 1.22 bits per heavy atom. The summed E-state index contributed by atoms with van der Waals surface area (Å²) in [6.45, 7) is 10.5. The standard InChI is InChI=1S/C13H23O4P/c1-6-16-18(14,17-7-2)10-11-8-9-15-12(11)13(3,4)5/h8-9H,6-7,10H2,1-5H3. The Morgan fingerprint density at radius 3 is 2.22 bits per heavy atom. The maximum absolute atomic E-state index is 12.5. The zero-order valence-electron chi connectivity index (χ0n) is 11.9. The third-order valence-electron chi connectivity index (χ3n) is 2.44. The van der Waals surface area contributed by atoms with Crippen molar-refractivity contribution >= 4 is 7.60 Å². The van der Waals surface area contributed by atoms with Crippen LogP contribution in [0.4, 0.5) is 0 Å². The molecule has 0 saturated heterocycles. The Kier molecular flexibility index (Phi) is 5.20. The Balaban J connectivity index is 2.95. The van der Waals surface area contributed by atoms with Gasteiger partial charge in [0.05, 0.1) is 25.6 Å². The fourth-order valence-electron chi connectivity index (χ4n) is 1.85. The summed E-state index contributed by atoms with van der Waals surface area (Å²) < 4.78 is 28.6. The molecule has 1 aromatic heterocycles. The van der Waals surface area contributed by atoms with E-state index in [1.807, 2.05) is 19.9 Å². The highest BCUT2D eigenvalue weighted by Crippen LogP contribution is 2.52. The van der Waals surface area contributed by atoms with Crippen LogP contribution in [0, 0.1) is 0 Å². The van der Waals surface area contributed by atoms with Crippen LogP contribution in [0.5, 0.6) is 0 Å². The summed E-state index contributed by atoms with van der Waals surface area (Å²) in [6, 6.07) is 1.84. The highest BCUT2D eigenvalue weighted by molar-refractivity contribution is 7.53. The van der Waals surface area contributed by atoms with Gasteiger partial charge in [-0.2, -0.15) is 0 Å². The van der Waals surface area contributed by atoms with E-state index >= 15 is 0 Å². The molecule has 18 heavy (non-hydrogen) atoms. The Bertz CT molecular complexity index is 407. The predicted molar refractivity (Wildman–Crippen MR) is 72.0 cm³/mol. The minimum Gasteiger partial charge on any atom is -0.468 e. The van der Waals surface area contributed by atoms with Crippen LogP contribution in [-0.4, -0.2) is 13.2 Å². The van der Waals surface area contributed by atoms with E-state index in [0.29, 0.717) is 13.2 Å². The van der Waals surface area contributed by atoms with Crippen LogP contribution >= 0.6 is 7.60 Å². The summed E-state index contributed by atoms with van der Waals surface area (Å²) in [7, 11) is -3.06. The molecular formula is C13H23O4P. The highest BCUT2D eigenvalue weighted by atomic mass is 31.2. The minimum absolute atomic E-state index is 0.123. The molecule has 0 amide bonds. The van der Waals surface area contributed by atoms with Crippen LogP contribution in [-0.2, 0) is 25.2 Å². The van der Waals surface area contributed by atoms with Gasteiger partial charge in [-0.3, -0.25) is 4.57 Å². The van der Waals surface area contributed by atoms with Crippen molar-refractivity contribution in [3.63, 3.8) is 0 Å². The maximum Gasteiger partial charge on any atom is 0.335 e. The average molecular weight is 274 g/mol. The maximum atomic E-state index is 12.5. The molecule has 0 unspecified atom stereocenters. The van der Waals surface area contributed by atoms with Gasteiger partial charge < -0.3 is 13.5 Å². The Morgan fingerprint density at radius 2 is 1.78 bits per heavy atom. The van der Waals surface area contributed by atoms with Crippen LogP contribution in [0.25, 0.3) is 0 Å². The van der Waals surface area contributed by atoms with Crippen molar-refractivity contribution in [1.82, 2.24) is 0 Å². The van der Waals surface area contributed by atoms with Crippen molar-refractivity contribution in [3.8, 4) is 0 Å². The average Bonchev–Trinajstić information content (AvgIpc) is 2.65. The summed E-state index contributed by atoms with van der Waals surface area (Å²) >= 11 is 0. The fourth-order valence-corrected chi connectivity index (χ4v) is 3.56. The highest BCUT2D eigenvalue weighted by Gasteiger charge is 2.29. The molecule has 0 saturated carbocycles. The quantitative estimate of drug-likeness (QED) is 0.724. The molecule has 104 valence electrons. The summed E-state index contributed by atoms with van der Waals surface area (Å²) in [5.41, 5.74) is 0.773. The molecule has 0 N–H and O–H groups in total. The third-order valence-corrected chi connectivity index (χ3v) is 4.47. The largest absolute Gasteiger partial charge is 0.468 e. The van der Waals surface area contributed by atoms with Gasteiger partial charge in [-0.05, 0) is 19.9 Å². The first kappa shape index (κ1) is 15.5.